The summed E-state index contributed by atoms with van der Waals surface area (Å²) in [6.45, 7) is 7.73. The summed E-state index contributed by atoms with van der Waals surface area (Å²) >= 11 is 0. The molecule has 0 amide bonds. The van der Waals surface area contributed by atoms with Gasteiger partial charge in [-0.15, -0.1) is 0 Å². The Hall–Kier alpha value is -2.05. The van der Waals surface area contributed by atoms with Crippen molar-refractivity contribution in [3.63, 3.8) is 0 Å². The monoisotopic (exact) mass is 413 g/mol. The van der Waals surface area contributed by atoms with Gasteiger partial charge in [0, 0.05) is 31.0 Å². The molecule has 2 aliphatic rings. The van der Waals surface area contributed by atoms with Gasteiger partial charge in [-0.05, 0) is 86.7 Å². The zero-order valence-electron chi connectivity index (χ0n) is 17.2. The minimum Gasteiger partial charge on any atom is -0.372 e. The van der Waals surface area contributed by atoms with Crippen LogP contribution in [0.15, 0.2) is 53.4 Å². The van der Waals surface area contributed by atoms with Crippen LogP contribution in [0.3, 0.4) is 0 Å². The van der Waals surface area contributed by atoms with Crippen molar-refractivity contribution in [2.75, 3.05) is 42.3 Å². The highest BCUT2D eigenvalue weighted by atomic mass is 32.2. The molecule has 4 rings (SSSR count). The second-order valence-electron chi connectivity index (χ2n) is 8.20. The van der Waals surface area contributed by atoms with Crippen molar-refractivity contribution < 1.29 is 8.42 Å². The van der Waals surface area contributed by atoms with Gasteiger partial charge in [0.05, 0.1) is 4.90 Å². The predicted molar refractivity (Wildman–Crippen MR) is 119 cm³/mol. The van der Waals surface area contributed by atoms with E-state index in [0.29, 0.717) is 16.5 Å². The van der Waals surface area contributed by atoms with Crippen LogP contribution < -0.4 is 9.62 Å². The fourth-order valence-electron chi connectivity index (χ4n) is 4.47. The molecular formula is C23H31N3O2S. The van der Waals surface area contributed by atoms with Crippen molar-refractivity contribution >= 4 is 21.4 Å². The van der Waals surface area contributed by atoms with Crippen LogP contribution in [0, 0.1) is 0 Å². The number of sulfonamides is 1. The van der Waals surface area contributed by atoms with Crippen LogP contribution in [0.2, 0.25) is 0 Å². The van der Waals surface area contributed by atoms with Crippen molar-refractivity contribution in [3.05, 3.63) is 54.1 Å². The van der Waals surface area contributed by atoms with E-state index in [4.69, 9.17) is 0 Å². The standard InChI is InChI=1S/C23H31N3O2S/c1-2-14-25-17-13-20(18-25)19-5-7-21(8-6-19)24-29(27,28)23-11-9-22(10-12-23)26-15-3-4-16-26/h5-12,20,24H,2-4,13-18H2,1H3/t20-/m1/s1. The molecule has 2 aliphatic heterocycles. The summed E-state index contributed by atoms with van der Waals surface area (Å²) in [6, 6.07) is 15.1. The van der Waals surface area contributed by atoms with Crippen LogP contribution in [0.4, 0.5) is 11.4 Å². The lowest BCUT2D eigenvalue weighted by Gasteiger charge is -2.18. The predicted octanol–water partition coefficient (Wildman–Crippen LogP) is 4.29. The SMILES string of the molecule is CCCN1CC[C@@H](c2ccc(NS(=O)(=O)c3ccc(N4CCCC4)cc3)cc2)C1. The number of rotatable bonds is 7. The van der Waals surface area contributed by atoms with Gasteiger partial charge in [-0.25, -0.2) is 8.42 Å². The molecule has 2 aromatic rings. The van der Waals surface area contributed by atoms with Gasteiger partial charge in [0.1, 0.15) is 0 Å². The second-order valence-corrected chi connectivity index (χ2v) is 9.88. The largest absolute Gasteiger partial charge is 0.372 e. The molecule has 0 saturated carbocycles. The molecule has 0 aliphatic carbocycles. The minimum atomic E-state index is -3.58. The van der Waals surface area contributed by atoms with Crippen LogP contribution in [0.5, 0.6) is 0 Å². The van der Waals surface area contributed by atoms with Crippen molar-refractivity contribution in [3.8, 4) is 0 Å². The molecule has 156 valence electrons. The van der Waals surface area contributed by atoms with Crippen molar-refractivity contribution in [1.82, 2.24) is 4.90 Å². The number of nitrogens with zero attached hydrogens (tertiary/aromatic N) is 2. The molecule has 1 atom stereocenters. The fraction of sp³-hybridized carbons (Fsp3) is 0.478. The maximum Gasteiger partial charge on any atom is 0.261 e. The lowest BCUT2D eigenvalue weighted by Crippen LogP contribution is -2.20. The molecule has 0 unspecified atom stereocenters. The molecule has 29 heavy (non-hydrogen) atoms. The maximum atomic E-state index is 12.8. The quantitative estimate of drug-likeness (QED) is 0.736. The van der Waals surface area contributed by atoms with Crippen LogP contribution in [-0.4, -0.2) is 46.0 Å². The fourth-order valence-corrected chi connectivity index (χ4v) is 5.53. The molecule has 0 aromatic heterocycles. The molecule has 5 nitrogen and oxygen atoms in total. The zero-order valence-corrected chi connectivity index (χ0v) is 18.0. The number of nitrogens with one attached hydrogen (secondary N) is 1. The van der Waals surface area contributed by atoms with Crippen molar-refractivity contribution in [1.29, 1.82) is 0 Å². The molecule has 0 bridgehead atoms. The van der Waals surface area contributed by atoms with Gasteiger partial charge in [-0.1, -0.05) is 19.1 Å². The first-order chi connectivity index (χ1) is 14.0. The first-order valence-corrected chi connectivity index (χ1v) is 12.2. The summed E-state index contributed by atoms with van der Waals surface area (Å²) < 4.78 is 28.2. The first kappa shape index (κ1) is 20.2. The molecule has 0 spiro atoms. The lowest BCUT2D eigenvalue weighted by atomic mass is 9.98. The third-order valence-electron chi connectivity index (χ3n) is 6.06. The van der Waals surface area contributed by atoms with E-state index in [1.807, 2.05) is 24.3 Å². The zero-order chi connectivity index (χ0) is 20.3. The molecule has 2 heterocycles. The van der Waals surface area contributed by atoms with E-state index in [0.717, 1.165) is 38.4 Å². The molecule has 2 saturated heterocycles. The van der Waals surface area contributed by atoms with Crippen LogP contribution in [-0.2, 0) is 10.0 Å². The molecule has 6 heteroatoms. The van der Waals surface area contributed by atoms with Gasteiger partial charge >= 0.3 is 0 Å². The average Bonchev–Trinajstić information content (AvgIpc) is 3.41. The number of likely N-dealkylation sites (tertiary alicyclic amines) is 1. The van der Waals surface area contributed by atoms with Gasteiger partial charge in [-0.2, -0.15) is 0 Å². The Morgan fingerprint density at radius 1 is 0.966 bits per heavy atom. The molecule has 2 fully saturated rings. The van der Waals surface area contributed by atoms with E-state index < -0.39 is 10.0 Å². The summed E-state index contributed by atoms with van der Waals surface area (Å²) in [5.41, 5.74) is 3.00. The lowest BCUT2D eigenvalue weighted by molar-refractivity contribution is 0.335. The first-order valence-electron chi connectivity index (χ1n) is 10.8. The van der Waals surface area contributed by atoms with Gasteiger partial charge in [0.15, 0.2) is 0 Å². The highest BCUT2D eigenvalue weighted by molar-refractivity contribution is 7.92. The molecule has 0 radical (unpaired) electrons. The second kappa shape index (κ2) is 8.76. The average molecular weight is 414 g/mol. The number of hydrogen-bond acceptors (Lipinski definition) is 4. The highest BCUT2D eigenvalue weighted by Crippen LogP contribution is 2.29. The van der Waals surface area contributed by atoms with E-state index in [1.165, 1.54) is 31.2 Å². The summed E-state index contributed by atoms with van der Waals surface area (Å²) in [5, 5.41) is 0. The third-order valence-corrected chi connectivity index (χ3v) is 7.46. The Kier molecular flexibility index (Phi) is 6.11. The van der Waals surface area contributed by atoms with Gasteiger partial charge in [0.25, 0.3) is 10.0 Å². The topological polar surface area (TPSA) is 52.7 Å². The van der Waals surface area contributed by atoms with E-state index >= 15 is 0 Å². The smallest absolute Gasteiger partial charge is 0.261 e. The molecule has 1 N–H and O–H groups in total. The third kappa shape index (κ3) is 4.75. The normalized spacial score (nSPS) is 20.3. The Morgan fingerprint density at radius 3 is 2.31 bits per heavy atom. The summed E-state index contributed by atoms with van der Waals surface area (Å²) in [4.78, 5) is 5.11. The number of benzene rings is 2. The molecule has 2 aromatic carbocycles. The van der Waals surface area contributed by atoms with Crippen LogP contribution in [0.1, 0.15) is 44.1 Å². The number of hydrogen-bond donors (Lipinski definition) is 1. The molecular weight excluding hydrogens is 382 g/mol. The summed E-state index contributed by atoms with van der Waals surface area (Å²) in [6.07, 6.45) is 4.77. The van der Waals surface area contributed by atoms with Crippen molar-refractivity contribution in [2.45, 2.75) is 43.4 Å². The van der Waals surface area contributed by atoms with Gasteiger partial charge in [-0.3, -0.25) is 4.72 Å². The van der Waals surface area contributed by atoms with Gasteiger partial charge in [0.2, 0.25) is 0 Å². The summed E-state index contributed by atoms with van der Waals surface area (Å²) in [5.74, 6) is 0.547. The van der Waals surface area contributed by atoms with E-state index in [9.17, 15) is 8.42 Å². The van der Waals surface area contributed by atoms with E-state index in [2.05, 4.69) is 33.6 Å². The van der Waals surface area contributed by atoms with E-state index in [-0.39, 0.29) is 0 Å². The Bertz CT molecular complexity index is 904. The van der Waals surface area contributed by atoms with Crippen LogP contribution in [0.25, 0.3) is 0 Å². The maximum absolute atomic E-state index is 12.8. The van der Waals surface area contributed by atoms with Gasteiger partial charge < -0.3 is 9.80 Å². The Morgan fingerprint density at radius 2 is 1.66 bits per heavy atom. The summed E-state index contributed by atoms with van der Waals surface area (Å²) in [7, 11) is -3.58. The Labute approximate surface area is 174 Å². The highest BCUT2D eigenvalue weighted by Gasteiger charge is 2.23. The van der Waals surface area contributed by atoms with Crippen molar-refractivity contribution in [2.24, 2.45) is 0 Å². The minimum absolute atomic E-state index is 0.301. The van der Waals surface area contributed by atoms with Crippen LogP contribution >= 0.6 is 0 Å². The van der Waals surface area contributed by atoms with E-state index in [1.54, 1.807) is 12.1 Å². The Balaban J connectivity index is 1.40. The number of anilines is 2.